The van der Waals surface area contributed by atoms with Crippen LogP contribution >= 0.6 is 0 Å². The molecule has 1 aromatic rings. The normalized spacial score (nSPS) is 16.2. The van der Waals surface area contributed by atoms with Gasteiger partial charge in [-0.3, -0.25) is 4.79 Å². The summed E-state index contributed by atoms with van der Waals surface area (Å²) < 4.78 is 5.09. The Morgan fingerprint density at radius 1 is 1.14 bits per heavy atom. The number of rotatable bonds is 6. The van der Waals surface area contributed by atoms with Crippen molar-refractivity contribution in [1.29, 1.82) is 0 Å². The van der Waals surface area contributed by atoms with E-state index in [1.165, 1.54) is 38.5 Å². The van der Waals surface area contributed by atoms with Crippen LogP contribution in [0.5, 0.6) is 5.75 Å². The van der Waals surface area contributed by atoms with Crippen molar-refractivity contribution >= 4 is 11.6 Å². The molecule has 0 atom stereocenters. The lowest BCUT2D eigenvalue weighted by molar-refractivity contribution is -0.116. The van der Waals surface area contributed by atoms with E-state index in [4.69, 9.17) is 4.74 Å². The van der Waals surface area contributed by atoms with Gasteiger partial charge in [0.15, 0.2) is 0 Å². The number of hydrogen-bond donors (Lipinski definition) is 2. The van der Waals surface area contributed by atoms with Crippen molar-refractivity contribution in [2.24, 2.45) is 0 Å². The summed E-state index contributed by atoms with van der Waals surface area (Å²) in [4.78, 5) is 11.9. The van der Waals surface area contributed by atoms with Gasteiger partial charge in [-0.15, -0.1) is 0 Å². The number of methoxy groups -OCH3 is 1. The third kappa shape index (κ3) is 5.76. The molecule has 2 N–H and O–H groups in total. The molecular formula is C17H26N2O2. The largest absolute Gasteiger partial charge is 0.497 e. The van der Waals surface area contributed by atoms with Crippen LogP contribution in [0.4, 0.5) is 5.69 Å². The summed E-state index contributed by atoms with van der Waals surface area (Å²) in [5.41, 5.74) is 0.815. The van der Waals surface area contributed by atoms with Gasteiger partial charge in [0.2, 0.25) is 5.91 Å². The monoisotopic (exact) mass is 290 g/mol. The van der Waals surface area contributed by atoms with E-state index < -0.39 is 0 Å². The molecule has 0 aliphatic heterocycles. The number of hydrogen-bond acceptors (Lipinski definition) is 3. The van der Waals surface area contributed by atoms with Crippen molar-refractivity contribution in [2.45, 2.75) is 51.0 Å². The molecule has 1 aliphatic carbocycles. The minimum atomic E-state index is 0.0567. The van der Waals surface area contributed by atoms with Crippen molar-refractivity contribution in [3.05, 3.63) is 24.3 Å². The van der Waals surface area contributed by atoms with E-state index in [0.29, 0.717) is 12.5 Å². The molecule has 0 spiro atoms. The molecule has 0 saturated heterocycles. The first kappa shape index (κ1) is 15.8. The summed E-state index contributed by atoms with van der Waals surface area (Å²) in [6.45, 7) is 0.757. The van der Waals surface area contributed by atoms with Crippen LogP contribution in [0.2, 0.25) is 0 Å². The molecule has 1 aromatic carbocycles. The van der Waals surface area contributed by atoms with Crippen LogP contribution in [0.15, 0.2) is 24.3 Å². The minimum absolute atomic E-state index is 0.0567. The summed E-state index contributed by atoms with van der Waals surface area (Å²) >= 11 is 0. The highest BCUT2D eigenvalue weighted by Gasteiger charge is 2.11. The van der Waals surface area contributed by atoms with E-state index in [-0.39, 0.29) is 5.91 Å². The lowest BCUT2D eigenvalue weighted by atomic mass is 10.1. The second kappa shape index (κ2) is 8.67. The molecule has 4 heteroatoms. The summed E-state index contributed by atoms with van der Waals surface area (Å²) in [6.07, 6.45) is 8.36. The highest BCUT2D eigenvalue weighted by molar-refractivity contribution is 5.90. The fourth-order valence-corrected chi connectivity index (χ4v) is 2.77. The first-order valence-electron chi connectivity index (χ1n) is 7.95. The van der Waals surface area contributed by atoms with E-state index in [9.17, 15) is 4.79 Å². The zero-order valence-electron chi connectivity index (χ0n) is 12.9. The molecule has 0 heterocycles. The van der Waals surface area contributed by atoms with Gasteiger partial charge in [-0.2, -0.15) is 0 Å². The maximum Gasteiger partial charge on any atom is 0.225 e. The van der Waals surface area contributed by atoms with E-state index in [1.54, 1.807) is 7.11 Å². The number of amides is 1. The number of carbonyl (C=O) groups is 1. The van der Waals surface area contributed by atoms with Crippen LogP contribution < -0.4 is 15.4 Å². The minimum Gasteiger partial charge on any atom is -0.497 e. The highest BCUT2D eigenvalue weighted by Crippen LogP contribution is 2.17. The second-order valence-electron chi connectivity index (χ2n) is 5.67. The van der Waals surface area contributed by atoms with Gasteiger partial charge in [0.1, 0.15) is 5.75 Å². The maximum absolute atomic E-state index is 11.9. The number of anilines is 1. The molecule has 0 unspecified atom stereocenters. The molecule has 0 bridgehead atoms. The van der Waals surface area contributed by atoms with E-state index in [0.717, 1.165) is 18.0 Å². The smallest absolute Gasteiger partial charge is 0.225 e. The fourth-order valence-electron chi connectivity index (χ4n) is 2.77. The topological polar surface area (TPSA) is 50.4 Å². The van der Waals surface area contributed by atoms with Crippen LogP contribution in [-0.4, -0.2) is 25.6 Å². The van der Waals surface area contributed by atoms with Gasteiger partial charge in [0.25, 0.3) is 0 Å². The number of carbonyl (C=O) groups excluding carboxylic acids is 1. The molecule has 1 saturated carbocycles. The Kier molecular flexibility index (Phi) is 6.54. The second-order valence-corrected chi connectivity index (χ2v) is 5.67. The first-order chi connectivity index (χ1) is 10.3. The summed E-state index contributed by atoms with van der Waals surface area (Å²) in [6, 6.07) is 8.00. The standard InChI is InChI=1S/C17H26N2O2/c1-21-16-10-8-15(9-11-16)19-17(20)12-13-18-14-6-4-2-3-5-7-14/h8-11,14,18H,2-7,12-13H2,1H3,(H,19,20). The number of benzene rings is 1. The quantitative estimate of drug-likeness (QED) is 0.790. The van der Waals surface area contributed by atoms with Crippen LogP contribution in [0.25, 0.3) is 0 Å². The summed E-state index contributed by atoms with van der Waals surface area (Å²) in [7, 11) is 1.63. The zero-order chi connectivity index (χ0) is 14.9. The van der Waals surface area contributed by atoms with Crippen LogP contribution in [0.1, 0.15) is 44.9 Å². The van der Waals surface area contributed by atoms with Crippen molar-refractivity contribution in [3.8, 4) is 5.75 Å². The molecule has 1 aliphatic rings. The Labute approximate surface area is 127 Å². The predicted octanol–water partition coefficient (Wildman–Crippen LogP) is 3.34. The third-order valence-electron chi connectivity index (χ3n) is 4.01. The fraction of sp³-hybridized carbons (Fsp3) is 0.588. The first-order valence-corrected chi connectivity index (χ1v) is 7.95. The maximum atomic E-state index is 11.9. The molecule has 0 aromatic heterocycles. The van der Waals surface area contributed by atoms with Crippen molar-refractivity contribution in [1.82, 2.24) is 5.32 Å². The van der Waals surface area contributed by atoms with Crippen LogP contribution in [0.3, 0.4) is 0 Å². The van der Waals surface area contributed by atoms with Crippen molar-refractivity contribution in [3.63, 3.8) is 0 Å². The molecule has 116 valence electrons. The average molecular weight is 290 g/mol. The van der Waals surface area contributed by atoms with E-state index in [2.05, 4.69) is 10.6 Å². The average Bonchev–Trinajstić information content (AvgIpc) is 2.77. The number of nitrogens with one attached hydrogen (secondary N) is 2. The van der Waals surface area contributed by atoms with Crippen LogP contribution in [0, 0.1) is 0 Å². The zero-order valence-corrected chi connectivity index (χ0v) is 12.9. The third-order valence-corrected chi connectivity index (χ3v) is 4.01. The van der Waals surface area contributed by atoms with Gasteiger partial charge < -0.3 is 15.4 Å². The van der Waals surface area contributed by atoms with E-state index in [1.807, 2.05) is 24.3 Å². The Morgan fingerprint density at radius 3 is 2.43 bits per heavy atom. The lowest BCUT2D eigenvalue weighted by Crippen LogP contribution is -2.31. The Hall–Kier alpha value is -1.55. The Balaban J connectivity index is 1.66. The SMILES string of the molecule is COc1ccc(NC(=O)CCNC2CCCCCC2)cc1. The van der Waals surface area contributed by atoms with Gasteiger partial charge in [0.05, 0.1) is 7.11 Å². The van der Waals surface area contributed by atoms with Crippen molar-refractivity contribution in [2.75, 3.05) is 19.0 Å². The van der Waals surface area contributed by atoms with Gasteiger partial charge in [-0.25, -0.2) is 0 Å². The Morgan fingerprint density at radius 2 is 1.81 bits per heavy atom. The van der Waals surface area contributed by atoms with E-state index >= 15 is 0 Å². The van der Waals surface area contributed by atoms with Gasteiger partial charge in [-0.05, 0) is 37.1 Å². The Bertz CT molecular complexity index is 423. The van der Waals surface area contributed by atoms with Crippen molar-refractivity contribution < 1.29 is 9.53 Å². The molecule has 2 rings (SSSR count). The summed E-state index contributed by atoms with van der Waals surface area (Å²) in [5, 5.41) is 6.42. The van der Waals surface area contributed by atoms with Gasteiger partial charge >= 0.3 is 0 Å². The molecule has 0 radical (unpaired) electrons. The van der Waals surface area contributed by atoms with Gasteiger partial charge in [-0.1, -0.05) is 25.7 Å². The number of ether oxygens (including phenoxy) is 1. The molecule has 4 nitrogen and oxygen atoms in total. The molecule has 21 heavy (non-hydrogen) atoms. The van der Waals surface area contributed by atoms with Gasteiger partial charge in [0, 0.05) is 24.7 Å². The lowest BCUT2D eigenvalue weighted by Gasteiger charge is -2.15. The molecule has 1 amide bonds. The highest BCUT2D eigenvalue weighted by atomic mass is 16.5. The summed E-state index contributed by atoms with van der Waals surface area (Å²) in [5.74, 6) is 0.851. The molecule has 1 fully saturated rings. The predicted molar refractivity (Wildman–Crippen MR) is 85.7 cm³/mol. The van der Waals surface area contributed by atoms with Crippen LogP contribution in [-0.2, 0) is 4.79 Å². The molecular weight excluding hydrogens is 264 g/mol.